The zero-order valence-electron chi connectivity index (χ0n) is 10.5. The summed E-state index contributed by atoms with van der Waals surface area (Å²) in [6.07, 6.45) is 4.23. The van der Waals surface area contributed by atoms with Crippen molar-refractivity contribution in [1.82, 2.24) is 5.32 Å². The maximum atomic E-state index is 3.74. The second-order valence-electron chi connectivity index (χ2n) is 5.75. The molecule has 0 aromatic heterocycles. The summed E-state index contributed by atoms with van der Waals surface area (Å²) in [5.41, 5.74) is 0. The second kappa shape index (κ2) is 5.16. The standard InChI is InChI=1S/C13H27N/c1-9(2)12-7-6-11(5)8-13(12)14-10(3)4/h9-14H,6-8H2,1-5H3/t11-,12-,13-/m1/s1. The largest absolute Gasteiger partial charge is 0.311 e. The van der Waals surface area contributed by atoms with Crippen molar-refractivity contribution in [3.63, 3.8) is 0 Å². The molecule has 3 atom stereocenters. The second-order valence-corrected chi connectivity index (χ2v) is 5.75. The van der Waals surface area contributed by atoms with Gasteiger partial charge in [-0.2, -0.15) is 0 Å². The topological polar surface area (TPSA) is 12.0 Å². The van der Waals surface area contributed by atoms with E-state index in [9.17, 15) is 0 Å². The summed E-state index contributed by atoms with van der Waals surface area (Å²) in [6, 6.07) is 1.39. The molecule has 0 saturated heterocycles. The van der Waals surface area contributed by atoms with Gasteiger partial charge >= 0.3 is 0 Å². The van der Waals surface area contributed by atoms with Gasteiger partial charge in [-0.3, -0.25) is 0 Å². The van der Waals surface area contributed by atoms with E-state index >= 15 is 0 Å². The monoisotopic (exact) mass is 197 g/mol. The minimum absolute atomic E-state index is 0.631. The molecule has 1 rings (SSSR count). The van der Waals surface area contributed by atoms with Crippen LogP contribution < -0.4 is 5.32 Å². The quantitative estimate of drug-likeness (QED) is 0.731. The molecular formula is C13H27N. The molecule has 1 N–H and O–H groups in total. The van der Waals surface area contributed by atoms with Crippen LogP contribution in [0, 0.1) is 17.8 Å². The predicted octanol–water partition coefficient (Wildman–Crippen LogP) is 3.45. The molecule has 0 radical (unpaired) electrons. The van der Waals surface area contributed by atoms with Gasteiger partial charge in [-0.25, -0.2) is 0 Å². The van der Waals surface area contributed by atoms with E-state index in [4.69, 9.17) is 0 Å². The highest BCUT2D eigenvalue weighted by atomic mass is 14.9. The van der Waals surface area contributed by atoms with Crippen LogP contribution in [0.3, 0.4) is 0 Å². The van der Waals surface area contributed by atoms with Gasteiger partial charge in [-0.05, 0) is 30.6 Å². The van der Waals surface area contributed by atoms with Crippen LogP contribution in [0.2, 0.25) is 0 Å². The molecule has 1 saturated carbocycles. The molecule has 1 heteroatoms. The molecule has 0 heterocycles. The first kappa shape index (κ1) is 12.0. The fourth-order valence-corrected chi connectivity index (χ4v) is 2.82. The Kier molecular flexibility index (Phi) is 4.43. The van der Waals surface area contributed by atoms with E-state index in [1.165, 1.54) is 19.3 Å². The summed E-state index contributed by atoms with van der Waals surface area (Å²) < 4.78 is 0. The molecule has 0 amide bonds. The molecule has 0 unspecified atom stereocenters. The van der Waals surface area contributed by atoms with Gasteiger partial charge in [0.25, 0.3) is 0 Å². The maximum absolute atomic E-state index is 3.74. The third-order valence-electron chi connectivity index (χ3n) is 3.57. The van der Waals surface area contributed by atoms with Gasteiger partial charge in [0, 0.05) is 12.1 Å². The first-order chi connectivity index (χ1) is 6.50. The Bertz CT molecular complexity index is 161. The van der Waals surface area contributed by atoms with Crippen molar-refractivity contribution in [1.29, 1.82) is 0 Å². The van der Waals surface area contributed by atoms with Gasteiger partial charge in [-0.1, -0.05) is 41.0 Å². The first-order valence-corrected chi connectivity index (χ1v) is 6.26. The van der Waals surface area contributed by atoms with Crippen molar-refractivity contribution in [2.75, 3.05) is 0 Å². The van der Waals surface area contributed by atoms with Gasteiger partial charge in [0.15, 0.2) is 0 Å². The van der Waals surface area contributed by atoms with E-state index in [1.807, 2.05) is 0 Å². The van der Waals surface area contributed by atoms with Gasteiger partial charge < -0.3 is 5.32 Å². The third kappa shape index (κ3) is 3.27. The fourth-order valence-electron chi connectivity index (χ4n) is 2.82. The molecule has 14 heavy (non-hydrogen) atoms. The van der Waals surface area contributed by atoms with Crippen molar-refractivity contribution in [3.05, 3.63) is 0 Å². The lowest BCUT2D eigenvalue weighted by Gasteiger charge is -2.39. The van der Waals surface area contributed by atoms with Crippen LogP contribution in [-0.2, 0) is 0 Å². The van der Waals surface area contributed by atoms with E-state index in [0.717, 1.165) is 23.8 Å². The maximum Gasteiger partial charge on any atom is 0.0103 e. The summed E-state index contributed by atoms with van der Waals surface area (Å²) in [6.45, 7) is 11.7. The van der Waals surface area contributed by atoms with Crippen LogP contribution in [0.5, 0.6) is 0 Å². The van der Waals surface area contributed by atoms with E-state index < -0.39 is 0 Å². The Morgan fingerprint density at radius 2 is 1.71 bits per heavy atom. The lowest BCUT2D eigenvalue weighted by molar-refractivity contribution is 0.163. The lowest BCUT2D eigenvalue weighted by atomic mass is 9.74. The third-order valence-corrected chi connectivity index (χ3v) is 3.57. The van der Waals surface area contributed by atoms with E-state index in [-0.39, 0.29) is 0 Å². The fraction of sp³-hybridized carbons (Fsp3) is 1.00. The molecule has 1 nitrogen and oxygen atoms in total. The smallest absolute Gasteiger partial charge is 0.0103 e. The Labute approximate surface area is 89.7 Å². The Morgan fingerprint density at radius 1 is 1.07 bits per heavy atom. The highest BCUT2D eigenvalue weighted by Gasteiger charge is 2.30. The molecule has 1 aliphatic rings. The Morgan fingerprint density at radius 3 is 2.21 bits per heavy atom. The summed E-state index contributed by atoms with van der Waals surface area (Å²) >= 11 is 0. The molecule has 0 bridgehead atoms. The number of hydrogen-bond acceptors (Lipinski definition) is 1. The molecule has 1 fully saturated rings. The SMILES string of the molecule is CC(C)N[C@@H]1C[C@H](C)CC[C@@H]1C(C)C. The number of nitrogens with one attached hydrogen (secondary N) is 1. The highest BCUT2D eigenvalue weighted by molar-refractivity contribution is 4.86. The lowest BCUT2D eigenvalue weighted by Crippen LogP contribution is -2.45. The van der Waals surface area contributed by atoms with Crippen LogP contribution in [-0.4, -0.2) is 12.1 Å². The van der Waals surface area contributed by atoms with Crippen LogP contribution in [0.15, 0.2) is 0 Å². The van der Waals surface area contributed by atoms with Crippen molar-refractivity contribution < 1.29 is 0 Å². The normalized spacial score (nSPS) is 34.1. The summed E-state index contributed by atoms with van der Waals surface area (Å²) in [5, 5.41) is 3.74. The molecule has 0 spiro atoms. The number of rotatable bonds is 3. The zero-order valence-corrected chi connectivity index (χ0v) is 10.5. The van der Waals surface area contributed by atoms with Crippen molar-refractivity contribution in [2.45, 2.75) is 66.0 Å². The summed E-state index contributed by atoms with van der Waals surface area (Å²) in [7, 11) is 0. The number of hydrogen-bond donors (Lipinski definition) is 1. The molecule has 0 aliphatic heterocycles. The predicted molar refractivity (Wildman–Crippen MR) is 63.4 cm³/mol. The van der Waals surface area contributed by atoms with Crippen molar-refractivity contribution in [3.8, 4) is 0 Å². The average Bonchev–Trinajstić information content (AvgIpc) is 2.01. The van der Waals surface area contributed by atoms with Crippen molar-refractivity contribution >= 4 is 0 Å². The van der Waals surface area contributed by atoms with E-state index in [1.54, 1.807) is 0 Å². The van der Waals surface area contributed by atoms with Crippen LogP contribution in [0.25, 0.3) is 0 Å². The van der Waals surface area contributed by atoms with E-state index in [2.05, 4.69) is 39.9 Å². The first-order valence-electron chi connectivity index (χ1n) is 6.26. The Hall–Kier alpha value is -0.0400. The van der Waals surface area contributed by atoms with E-state index in [0.29, 0.717) is 6.04 Å². The Balaban J connectivity index is 2.54. The average molecular weight is 197 g/mol. The highest BCUT2D eigenvalue weighted by Crippen LogP contribution is 2.33. The molecule has 84 valence electrons. The van der Waals surface area contributed by atoms with Gasteiger partial charge in [-0.15, -0.1) is 0 Å². The summed E-state index contributed by atoms with van der Waals surface area (Å²) in [4.78, 5) is 0. The molecule has 0 aromatic rings. The minimum Gasteiger partial charge on any atom is -0.311 e. The van der Waals surface area contributed by atoms with Gasteiger partial charge in [0.1, 0.15) is 0 Å². The van der Waals surface area contributed by atoms with Crippen LogP contribution in [0.1, 0.15) is 53.9 Å². The van der Waals surface area contributed by atoms with Gasteiger partial charge in [0.2, 0.25) is 0 Å². The molecule has 1 aliphatic carbocycles. The van der Waals surface area contributed by atoms with Crippen LogP contribution >= 0.6 is 0 Å². The van der Waals surface area contributed by atoms with Crippen molar-refractivity contribution in [2.24, 2.45) is 17.8 Å². The molecular weight excluding hydrogens is 170 g/mol. The summed E-state index contributed by atoms with van der Waals surface area (Å²) in [5.74, 6) is 2.65. The minimum atomic E-state index is 0.631. The van der Waals surface area contributed by atoms with Gasteiger partial charge in [0.05, 0.1) is 0 Å². The zero-order chi connectivity index (χ0) is 10.7. The molecule has 0 aromatic carbocycles. The van der Waals surface area contributed by atoms with Crippen LogP contribution in [0.4, 0.5) is 0 Å².